The number of allylic oxidation sites excluding steroid dienone is 1. The molecule has 1 heterocycles. The summed E-state index contributed by atoms with van der Waals surface area (Å²) in [6, 6.07) is 0.276. The molecule has 0 radical (unpaired) electrons. The fourth-order valence-electron chi connectivity index (χ4n) is 1.79. The van der Waals surface area contributed by atoms with Crippen molar-refractivity contribution in [3.05, 3.63) is 12.2 Å². The molecule has 1 aliphatic rings. The van der Waals surface area contributed by atoms with Crippen LogP contribution in [0.5, 0.6) is 0 Å². The standard InChI is InChI=1S/C11H17N3O/c1-3-4-11(15)13(2)10-5-7-14(9-12)8-6-10/h3-4,10H,5-8H2,1-2H3/b4-3+. The molecular weight excluding hydrogens is 190 g/mol. The summed E-state index contributed by atoms with van der Waals surface area (Å²) >= 11 is 0. The molecule has 4 nitrogen and oxygen atoms in total. The highest BCUT2D eigenvalue weighted by atomic mass is 16.2. The van der Waals surface area contributed by atoms with E-state index in [0.717, 1.165) is 25.9 Å². The SMILES string of the molecule is C/C=C/C(=O)N(C)C1CCN(C#N)CC1. The summed E-state index contributed by atoms with van der Waals surface area (Å²) in [7, 11) is 1.83. The number of nitriles is 1. The molecular formula is C11H17N3O. The van der Waals surface area contributed by atoms with Crippen molar-refractivity contribution in [2.24, 2.45) is 0 Å². The van der Waals surface area contributed by atoms with Crippen LogP contribution in [0.1, 0.15) is 19.8 Å². The molecule has 82 valence electrons. The maximum Gasteiger partial charge on any atom is 0.246 e. The molecule has 1 fully saturated rings. The Bertz CT molecular complexity index is 285. The second-order valence-corrected chi connectivity index (χ2v) is 3.77. The fraction of sp³-hybridized carbons (Fsp3) is 0.636. The Morgan fingerprint density at radius 1 is 1.53 bits per heavy atom. The fourth-order valence-corrected chi connectivity index (χ4v) is 1.79. The lowest BCUT2D eigenvalue weighted by atomic mass is 10.0. The van der Waals surface area contributed by atoms with Crippen LogP contribution in [0.3, 0.4) is 0 Å². The van der Waals surface area contributed by atoms with Crippen LogP contribution >= 0.6 is 0 Å². The molecule has 1 amide bonds. The first-order chi connectivity index (χ1) is 7.19. The Balaban J connectivity index is 2.46. The van der Waals surface area contributed by atoms with E-state index in [-0.39, 0.29) is 11.9 Å². The molecule has 15 heavy (non-hydrogen) atoms. The van der Waals surface area contributed by atoms with E-state index in [1.807, 2.05) is 14.0 Å². The maximum absolute atomic E-state index is 11.6. The normalized spacial score (nSPS) is 17.8. The highest BCUT2D eigenvalue weighted by Crippen LogP contribution is 2.14. The first-order valence-corrected chi connectivity index (χ1v) is 5.23. The molecule has 0 N–H and O–H groups in total. The summed E-state index contributed by atoms with van der Waals surface area (Å²) in [5, 5.41) is 8.69. The maximum atomic E-state index is 11.6. The van der Waals surface area contributed by atoms with Gasteiger partial charge in [-0.2, -0.15) is 5.26 Å². The minimum Gasteiger partial charge on any atom is -0.339 e. The molecule has 1 aliphatic heterocycles. The molecule has 0 aliphatic carbocycles. The summed E-state index contributed by atoms with van der Waals surface area (Å²) in [6.45, 7) is 3.35. The van der Waals surface area contributed by atoms with Crippen molar-refractivity contribution in [1.29, 1.82) is 5.26 Å². The molecule has 0 spiro atoms. The summed E-state index contributed by atoms with van der Waals surface area (Å²) in [6.07, 6.45) is 7.23. The van der Waals surface area contributed by atoms with Crippen molar-refractivity contribution < 1.29 is 4.79 Å². The molecule has 0 aromatic heterocycles. The average Bonchev–Trinajstić information content (AvgIpc) is 2.28. The number of amides is 1. The van der Waals surface area contributed by atoms with Crippen LogP contribution in [0.25, 0.3) is 0 Å². The first-order valence-electron chi connectivity index (χ1n) is 5.23. The van der Waals surface area contributed by atoms with Gasteiger partial charge in [0.2, 0.25) is 5.91 Å². The number of likely N-dealkylation sites (N-methyl/N-ethyl adjacent to an activating group) is 1. The Hall–Kier alpha value is -1.50. The highest BCUT2D eigenvalue weighted by molar-refractivity contribution is 5.87. The topological polar surface area (TPSA) is 47.3 Å². The Morgan fingerprint density at radius 3 is 2.60 bits per heavy atom. The first kappa shape index (κ1) is 11.6. The lowest BCUT2D eigenvalue weighted by molar-refractivity contribution is -0.127. The van der Waals surface area contributed by atoms with Crippen LogP contribution in [0, 0.1) is 11.5 Å². The van der Waals surface area contributed by atoms with Crippen molar-refractivity contribution in [2.45, 2.75) is 25.8 Å². The van der Waals surface area contributed by atoms with Crippen LogP contribution in [0.4, 0.5) is 0 Å². The van der Waals surface area contributed by atoms with Crippen LogP contribution < -0.4 is 0 Å². The van der Waals surface area contributed by atoms with Gasteiger partial charge in [-0.15, -0.1) is 0 Å². The Morgan fingerprint density at radius 2 is 2.13 bits per heavy atom. The van der Waals surface area contributed by atoms with Crippen molar-refractivity contribution >= 4 is 5.91 Å². The van der Waals surface area contributed by atoms with E-state index in [2.05, 4.69) is 6.19 Å². The number of carbonyl (C=O) groups is 1. The molecule has 0 aromatic rings. The second-order valence-electron chi connectivity index (χ2n) is 3.77. The number of nitrogens with zero attached hydrogens (tertiary/aromatic N) is 3. The molecule has 1 rings (SSSR count). The summed E-state index contributed by atoms with van der Waals surface area (Å²) < 4.78 is 0. The zero-order chi connectivity index (χ0) is 11.3. The smallest absolute Gasteiger partial charge is 0.246 e. The van der Waals surface area contributed by atoms with Crippen LogP contribution in [-0.4, -0.2) is 41.9 Å². The van der Waals surface area contributed by atoms with Gasteiger partial charge in [0.25, 0.3) is 0 Å². The molecule has 1 saturated heterocycles. The molecule has 4 heteroatoms. The average molecular weight is 207 g/mol. The quantitative estimate of drug-likeness (QED) is 0.500. The van der Waals surface area contributed by atoms with Crippen LogP contribution in [0.2, 0.25) is 0 Å². The number of rotatable bonds is 2. The monoisotopic (exact) mass is 207 g/mol. The number of hydrogen-bond donors (Lipinski definition) is 0. The zero-order valence-corrected chi connectivity index (χ0v) is 9.31. The van der Waals surface area contributed by atoms with Crippen molar-refractivity contribution in [3.8, 4) is 6.19 Å². The predicted octanol–water partition coefficient (Wildman–Crippen LogP) is 0.966. The van der Waals surface area contributed by atoms with Gasteiger partial charge in [-0.3, -0.25) is 4.79 Å². The van der Waals surface area contributed by atoms with E-state index in [0.29, 0.717) is 0 Å². The molecule has 0 aromatic carbocycles. The van der Waals surface area contributed by atoms with Gasteiger partial charge < -0.3 is 9.80 Å². The van der Waals surface area contributed by atoms with Crippen molar-refractivity contribution in [1.82, 2.24) is 9.80 Å². The predicted molar refractivity (Wildman–Crippen MR) is 57.8 cm³/mol. The van der Waals surface area contributed by atoms with E-state index in [9.17, 15) is 4.79 Å². The number of likely N-dealkylation sites (tertiary alicyclic amines) is 1. The van der Waals surface area contributed by atoms with Gasteiger partial charge in [0.05, 0.1) is 0 Å². The van der Waals surface area contributed by atoms with Gasteiger partial charge in [0, 0.05) is 26.2 Å². The number of carbonyl (C=O) groups excluding carboxylic acids is 1. The second kappa shape index (κ2) is 5.40. The van der Waals surface area contributed by atoms with E-state index in [4.69, 9.17) is 5.26 Å². The van der Waals surface area contributed by atoms with E-state index >= 15 is 0 Å². The zero-order valence-electron chi connectivity index (χ0n) is 9.31. The van der Waals surface area contributed by atoms with Gasteiger partial charge in [-0.1, -0.05) is 6.08 Å². The minimum atomic E-state index is 0.0490. The summed E-state index contributed by atoms with van der Waals surface area (Å²) in [5.74, 6) is 0.0490. The Kier molecular flexibility index (Phi) is 4.17. The highest BCUT2D eigenvalue weighted by Gasteiger charge is 2.23. The lowest BCUT2D eigenvalue weighted by Gasteiger charge is -2.33. The van der Waals surface area contributed by atoms with E-state index in [1.54, 1.807) is 22.0 Å². The van der Waals surface area contributed by atoms with Gasteiger partial charge in [-0.05, 0) is 25.8 Å². The van der Waals surface area contributed by atoms with Crippen molar-refractivity contribution in [2.75, 3.05) is 20.1 Å². The van der Waals surface area contributed by atoms with E-state index < -0.39 is 0 Å². The lowest BCUT2D eigenvalue weighted by Crippen LogP contribution is -2.43. The molecule has 0 atom stereocenters. The van der Waals surface area contributed by atoms with Crippen LogP contribution in [-0.2, 0) is 4.79 Å². The van der Waals surface area contributed by atoms with E-state index in [1.165, 1.54) is 0 Å². The minimum absolute atomic E-state index is 0.0490. The third-order valence-electron chi connectivity index (χ3n) is 2.81. The molecule has 0 saturated carbocycles. The molecule has 0 bridgehead atoms. The van der Waals surface area contributed by atoms with Crippen molar-refractivity contribution in [3.63, 3.8) is 0 Å². The van der Waals surface area contributed by atoms with Gasteiger partial charge in [-0.25, -0.2) is 0 Å². The van der Waals surface area contributed by atoms with Gasteiger partial charge >= 0.3 is 0 Å². The summed E-state index contributed by atoms with van der Waals surface area (Å²) in [5.41, 5.74) is 0. The number of hydrogen-bond acceptors (Lipinski definition) is 3. The van der Waals surface area contributed by atoms with Crippen LogP contribution in [0.15, 0.2) is 12.2 Å². The largest absolute Gasteiger partial charge is 0.339 e. The third-order valence-corrected chi connectivity index (χ3v) is 2.81. The van der Waals surface area contributed by atoms with Gasteiger partial charge in [0.1, 0.15) is 0 Å². The Labute approximate surface area is 90.8 Å². The molecule has 0 unspecified atom stereocenters. The number of piperidine rings is 1. The summed E-state index contributed by atoms with van der Waals surface area (Å²) in [4.78, 5) is 15.1. The van der Waals surface area contributed by atoms with Gasteiger partial charge in [0.15, 0.2) is 6.19 Å². The third kappa shape index (κ3) is 2.98.